The van der Waals surface area contributed by atoms with Crippen molar-refractivity contribution in [2.24, 2.45) is 5.92 Å². The van der Waals surface area contributed by atoms with Crippen molar-refractivity contribution in [2.45, 2.75) is 50.8 Å². The first-order chi connectivity index (χ1) is 16.2. The van der Waals surface area contributed by atoms with E-state index in [2.05, 4.69) is 9.83 Å². The van der Waals surface area contributed by atoms with Crippen molar-refractivity contribution in [1.29, 1.82) is 0 Å². The number of benzene rings is 1. The summed E-state index contributed by atoms with van der Waals surface area (Å²) in [4.78, 5) is 20.7. The standard InChI is InChI=1S/C24H28N4O4S2/c1-5-6-11-32-24(29)27-34(30,31)23-21(14-19(33-23)12-17(2)3)20-8-7-18(13-22(20)25-4)15-28-10-9-26-16-28/h7-10,13-14,16-17H,5-6,11-12,15H2,1-3H3,(H,27,29). The normalized spacial score (nSPS) is 11.4. The number of nitrogens with one attached hydrogen (secondary N) is 1. The number of hydrogen-bond acceptors (Lipinski definition) is 6. The van der Waals surface area contributed by atoms with Crippen LogP contribution in [0, 0.1) is 12.5 Å². The highest BCUT2D eigenvalue weighted by molar-refractivity contribution is 7.92. The number of sulfonamides is 1. The molecule has 0 aliphatic heterocycles. The molecule has 1 N–H and O–H groups in total. The molecule has 3 rings (SSSR count). The number of ether oxygens (including phenoxy) is 1. The van der Waals surface area contributed by atoms with Crippen LogP contribution in [-0.2, 0) is 27.7 Å². The van der Waals surface area contributed by atoms with Crippen molar-refractivity contribution < 1.29 is 17.9 Å². The summed E-state index contributed by atoms with van der Waals surface area (Å²) in [7, 11) is -4.19. The molecule has 3 aromatic rings. The van der Waals surface area contributed by atoms with Gasteiger partial charge >= 0.3 is 6.09 Å². The number of amides is 1. The third kappa shape index (κ3) is 6.46. The van der Waals surface area contributed by atoms with Crippen LogP contribution in [0.25, 0.3) is 16.0 Å². The van der Waals surface area contributed by atoms with E-state index in [0.717, 1.165) is 28.2 Å². The van der Waals surface area contributed by atoms with E-state index in [1.54, 1.807) is 30.7 Å². The number of thiophene rings is 1. The number of hydrogen-bond donors (Lipinski definition) is 1. The Kier molecular flexibility index (Phi) is 8.47. The Balaban J connectivity index is 1.99. The predicted octanol–water partition coefficient (Wildman–Crippen LogP) is 5.62. The van der Waals surface area contributed by atoms with Gasteiger partial charge < -0.3 is 9.30 Å². The summed E-state index contributed by atoms with van der Waals surface area (Å²) in [5.41, 5.74) is 2.16. The Morgan fingerprint density at radius 3 is 2.74 bits per heavy atom. The highest BCUT2D eigenvalue weighted by Gasteiger charge is 2.27. The average Bonchev–Trinajstić information content (AvgIpc) is 3.43. The molecule has 0 aliphatic rings. The quantitative estimate of drug-likeness (QED) is 0.288. The van der Waals surface area contributed by atoms with Crippen molar-refractivity contribution in [2.75, 3.05) is 6.61 Å². The number of carbonyl (C=O) groups is 1. The van der Waals surface area contributed by atoms with Crippen LogP contribution in [0.2, 0.25) is 0 Å². The molecule has 1 amide bonds. The molecule has 0 unspecified atom stereocenters. The van der Waals surface area contributed by atoms with Gasteiger partial charge in [-0.05, 0) is 36.0 Å². The lowest BCUT2D eigenvalue weighted by molar-refractivity contribution is 0.151. The van der Waals surface area contributed by atoms with Gasteiger partial charge in [0.15, 0.2) is 5.69 Å². The monoisotopic (exact) mass is 500 g/mol. The lowest BCUT2D eigenvalue weighted by Gasteiger charge is -2.11. The molecule has 0 saturated heterocycles. The summed E-state index contributed by atoms with van der Waals surface area (Å²) in [6.45, 7) is 14.4. The number of imidazole rings is 1. The van der Waals surface area contributed by atoms with Gasteiger partial charge in [0.1, 0.15) is 4.21 Å². The van der Waals surface area contributed by atoms with Crippen molar-refractivity contribution in [3.05, 3.63) is 64.8 Å². The molecule has 0 fully saturated rings. The topological polar surface area (TPSA) is 94.6 Å². The van der Waals surface area contributed by atoms with Gasteiger partial charge in [-0.15, -0.1) is 11.3 Å². The molecule has 0 saturated carbocycles. The molecule has 1 aromatic carbocycles. The van der Waals surface area contributed by atoms with Crippen LogP contribution in [0.15, 0.2) is 47.2 Å². The molecule has 0 atom stereocenters. The van der Waals surface area contributed by atoms with Gasteiger partial charge in [0.25, 0.3) is 10.0 Å². The Bertz CT molecular complexity index is 1270. The number of carbonyl (C=O) groups excluding carboxylic acids is 1. The van der Waals surface area contributed by atoms with E-state index in [0.29, 0.717) is 42.1 Å². The second kappa shape index (κ2) is 11.3. The van der Waals surface area contributed by atoms with Gasteiger partial charge in [0.2, 0.25) is 0 Å². The van der Waals surface area contributed by atoms with Gasteiger partial charge in [-0.1, -0.05) is 45.4 Å². The molecular weight excluding hydrogens is 472 g/mol. The minimum Gasteiger partial charge on any atom is -0.449 e. The molecule has 0 spiro atoms. The summed E-state index contributed by atoms with van der Waals surface area (Å²) in [5.74, 6) is 0.312. The van der Waals surface area contributed by atoms with E-state index in [-0.39, 0.29) is 10.8 Å². The van der Waals surface area contributed by atoms with E-state index in [1.807, 2.05) is 42.3 Å². The predicted molar refractivity (Wildman–Crippen MR) is 132 cm³/mol. The summed E-state index contributed by atoms with van der Waals surface area (Å²) in [6, 6.07) is 7.19. The highest BCUT2D eigenvalue weighted by atomic mass is 32.2. The van der Waals surface area contributed by atoms with Crippen molar-refractivity contribution in [3.8, 4) is 11.1 Å². The van der Waals surface area contributed by atoms with Gasteiger partial charge in [-0.25, -0.2) is 27.8 Å². The van der Waals surface area contributed by atoms with Crippen LogP contribution < -0.4 is 4.72 Å². The summed E-state index contributed by atoms with van der Waals surface area (Å²) in [6.07, 6.45) is 6.36. The largest absolute Gasteiger partial charge is 0.449 e. The van der Waals surface area contributed by atoms with Crippen molar-refractivity contribution in [3.63, 3.8) is 0 Å². The summed E-state index contributed by atoms with van der Waals surface area (Å²) >= 11 is 1.11. The number of rotatable bonds is 10. The molecule has 2 heterocycles. The molecular formula is C24H28N4O4S2. The van der Waals surface area contributed by atoms with Crippen LogP contribution in [0.5, 0.6) is 0 Å². The van der Waals surface area contributed by atoms with Crippen LogP contribution in [0.4, 0.5) is 10.5 Å². The summed E-state index contributed by atoms with van der Waals surface area (Å²) in [5, 5.41) is 0. The first kappa shape index (κ1) is 25.5. The molecule has 0 bridgehead atoms. The van der Waals surface area contributed by atoms with Crippen LogP contribution >= 0.6 is 11.3 Å². The number of nitrogens with zero attached hydrogens (tertiary/aromatic N) is 3. The number of aromatic nitrogens is 2. The fraction of sp³-hybridized carbons (Fsp3) is 0.375. The molecule has 34 heavy (non-hydrogen) atoms. The highest BCUT2D eigenvalue weighted by Crippen LogP contribution is 2.41. The second-order valence-corrected chi connectivity index (χ2v) is 11.3. The smallest absolute Gasteiger partial charge is 0.421 e. The minimum atomic E-state index is -4.19. The maximum atomic E-state index is 13.2. The fourth-order valence-corrected chi connectivity index (χ4v) is 6.22. The zero-order valence-electron chi connectivity index (χ0n) is 19.4. The molecule has 10 heteroatoms. The second-order valence-electron chi connectivity index (χ2n) is 8.31. The van der Waals surface area contributed by atoms with Crippen molar-refractivity contribution in [1.82, 2.24) is 14.3 Å². The first-order valence-electron chi connectivity index (χ1n) is 11.0. The Morgan fingerprint density at radius 1 is 1.29 bits per heavy atom. The first-order valence-corrected chi connectivity index (χ1v) is 13.3. The van der Waals surface area contributed by atoms with Gasteiger partial charge in [-0.3, -0.25) is 0 Å². The Labute approximate surface area is 204 Å². The molecule has 0 radical (unpaired) electrons. The lowest BCUT2D eigenvalue weighted by atomic mass is 10.0. The van der Waals surface area contributed by atoms with Crippen LogP contribution in [-0.4, -0.2) is 30.7 Å². The van der Waals surface area contributed by atoms with E-state index in [1.165, 1.54) is 0 Å². The average molecular weight is 501 g/mol. The van der Waals surface area contributed by atoms with E-state index >= 15 is 0 Å². The maximum Gasteiger partial charge on any atom is 0.421 e. The maximum absolute atomic E-state index is 13.2. The molecule has 180 valence electrons. The van der Waals surface area contributed by atoms with Gasteiger partial charge in [0.05, 0.1) is 19.5 Å². The third-order valence-corrected chi connectivity index (χ3v) is 7.95. The van der Waals surface area contributed by atoms with Crippen LogP contribution in [0.3, 0.4) is 0 Å². The lowest BCUT2D eigenvalue weighted by Crippen LogP contribution is -2.31. The number of unbranched alkanes of at least 4 members (excludes halogenated alkanes) is 1. The van der Waals surface area contributed by atoms with Crippen molar-refractivity contribution >= 4 is 33.1 Å². The van der Waals surface area contributed by atoms with E-state index in [4.69, 9.17) is 11.3 Å². The Morgan fingerprint density at radius 2 is 2.09 bits per heavy atom. The molecule has 8 nitrogen and oxygen atoms in total. The zero-order chi connectivity index (χ0) is 24.7. The molecule has 2 aromatic heterocycles. The SMILES string of the molecule is [C-]#[N+]c1cc(Cn2ccnc2)ccc1-c1cc(CC(C)C)sc1S(=O)(=O)NC(=O)OCCCC. The fourth-order valence-electron chi connectivity index (χ4n) is 3.40. The van der Waals surface area contributed by atoms with E-state index < -0.39 is 16.1 Å². The van der Waals surface area contributed by atoms with E-state index in [9.17, 15) is 13.2 Å². The Hall–Kier alpha value is -3.16. The minimum absolute atomic E-state index is 0.00264. The molecule has 0 aliphatic carbocycles. The van der Waals surface area contributed by atoms with Gasteiger partial charge in [0, 0.05) is 29.4 Å². The zero-order valence-corrected chi connectivity index (χ0v) is 21.1. The summed E-state index contributed by atoms with van der Waals surface area (Å²) < 4.78 is 35.2. The van der Waals surface area contributed by atoms with Crippen LogP contribution in [0.1, 0.15) is 44.1 Å². The third-order valence-electron chi connectivity index (χ3n) is 4.95. The van der Waals surface area contributed by atoms with Gasteiger partial charge in [-0.2, -0.15) is 0 Å².